The van der Waals surface area contributed by atoms with Crippen LogP contribution in [0, 0.1) is 19.8 Å². The summed E-state index contributed by atoms with van der Waals surface area (Å²) >= 11 is 1.68. The van der Waals surface area contributed by atoms with Gasteiger partial charge in [0.1, 0.15) is 11.3 Å². The second-order valence-corrected chi connectivity index (χ2v) is 6.21. The SMILES string of the molecule is Cc1noc(C)c1C(=O)N1CC[C@@H](Cc2nccs2)C1. The number of nitrogens with zero attached hydrogens (tertiary/aromatic N) is 3. The number of aromatic nitrogens is 2. The van der Waals surface area contributed by atoms with Crippen LogP contribution < -0.4 is 0 Å². The lowest BCUT2D eigenvalue weighted by Crippen LogP contribution is -2.29. The second-order valence-electron chi connectivity index (χ2n) is 5.24. The maximum absolute atomic E-state index is 12.5. The molecule has 5 nitrogen and oxygen atoms in total. The lowest BCUT2D eigenvalue weighted by molar-refractivity contribution is 0.0784. The summed E-state index contributed by atoms with van der Waals surface area (Å²) in [4.78, 5) is 18.7. The van der Waals surface area contributed by atoms with Gasteiger partial charge in [-0.2, -0.15) is 0 Å². The number of hydrogen-bond acceptors (Lipinski definition) is 5. The van der Waals surface area contributed by atoms with Crippen molar-refractivity contribution >= 4 is 17.2 Å². The van der Waals surface area contributed by atoms with Gasteiger partial charge in [-0.15, -0.1) is 11.3 Å². The van der Waals surface area contributed by atoms with Gasteiger partial charge in [0.15, 0.2) is 0 Å². The van der Waals surface area contributed by atoms with Crippen molar-refractivity contribution in [3.63, 3.8) is 0 Å². The number of carbonyl (C=O) groups excluding carboxylic acids is 1. The van der Waals surface area contributed by atoms with E-state index in [1.807, 2.05) is 23.4 Å². The molecule has 1 aliphatic heterocycles. The first kappa shape index (κ1) is 13.3. The average molecular weight is 291 g/mol. The Hall–Kier alpha value is -1.69. The minimum absolute atomic E-state index is 0.0443. The standard InChI is InChI=1S/C14H17N3O2S/c1-9-13(10(2)19-16-9)14(18)17-5-3-11(8-17)7-12-15-4-6-20-12/h4,6,11H,3,5,7-8H2,1-2H3/t11-/m0/s1. The first-order chi connectivity index (χ1) is 9.65. The largest absolute Gasteiger partial charge is 0.361 e. The molecule has 6 heteroatoms. The first-order valence-corrected chi connectivity index (χ1v) is 7.63. The number of carbonyl (C=O) groups is 1. The molecule has 2 aromatic rings. The Bertz CT molecular complexity index is 586. The average Bonchev–Trinajstić information content (AvgIpc) is 3.13. The van der Waals surface area contributed by atoms with Crippen LogP contribution >= 0.6 is 11.3 Å². The Morgan fingerprint density at radius 1 is 1.55 bits per heavy atom. The van der Waals surface area contributed by atoms with Crippen molar-refractivity contribution in [3.05, 3.63) is 33.6 Å². The Balaban J connectivity index is 1.66. The van der Waals surface area contributed by atoms with Crippen LogP contribution in [0.25, 0.3) is 0 Å². The van der Waals surface area contributed by atoms with Crippen LogP contribution in [-0.2, 0) is 6.42 Å². The van der Waals surface area contributed by atoms with Crippen LogP contribution in [0.5, 0.6) is 0 Å². The van der Waals surface area contributed by atoms with E-state index in [0.717, 1.165) is 30.9 Å². The van der Waals surface area contributed by atoms with Crippen LogP contribution in [0.15, 0.2) is 16.1 Å². The predicted octanol–water partition coefficient (Wildman–Crippen LogP) is 2.45. The highest BCUT2D eigenvalue weighted by atomic mass is 32.1. The molecule has 0 spiro atoms. The van der Waals surface area contributed by atoms with Crippen molar-refractivity contribution < 1.29 is 9.32 Å². The summed E-state index contributed by atoms with van der Waals surface area (Å²) in [7, 11) is 0. The molecular formula is C14H17N3O2S. The van der Waals surface area contributed by atoms with Gasteiger partial charge in [0.25, 0.3) is 5.91 Å². The zero-order valence-corrected chi connectivity index (χ0v) is 12.4. The van der Waals surface area contributed by atoms with Gasteiger partial charge in [0.05, 0.1) is 10.7 Å². The highest BCUT2D eigenvalue weighted by molar-refractivity contribution is 7.09. The minimum Gasteiger partial charge on any atom is -0.361 e. The third kappa shape index (κ3) is 2.47. The molecule has 0 aromatic carbocycles. The van der Waals surface area contributed by atoms with E-state index >= 15 is 0 Å². The number of amides is 1. The van der Waals surface area contributed by atoms with Crippen molar-refractivity contribution in [3.8, 4) is 0 Å². The summed E-state index contributed by atoms with van der Waals surface area (Å²) in [5, 5.41) is 7.01. The monoisotopic (exact) mass is 291 g/mol. The van der Waals surface area contributed by atoms with E-state index in [-0.39, 0.29) is 5.91 Å². The molecule has 106 valence electrons. The van der Waals surface area contributed by atoms with Crippen LogP contribution in [0.2, 0.25) is 0 Å². The van der Waals surface area contributed by atoms with Crippen LogP contribution in [-0.4, -0.2) is 34.0 Å². The van der Waals surface area contributed by atoms with E-state index in [9.17, 15) is 4.79 Å². The topological polar surface area (TPSA) is 59.2 Å². The lowest BCUT2D eigenvalue weighted by Gasteiger charge is -2.16. The molecule has 0 radical (unpaired) electrons. The van der Waals surface area contributed by atoms with Gasteiger partial charge in [-0.05, 0) is 26.2 Å². The predicted molar refractivity (Wildman–Crippen MR) is 75.8 cm³/mol. The summed E-state index contributed by atoms with van der Waals surface area (Å²) in [6.45, 7) is 5.20. The van der Waals surface area contributed by atoms with E-state index < -0.39 is 0 Å². The maximum atomic E-state index is 12.5. The van der Waals surface area contributed by atoms with Gasteiger partial charge in [-0.1, -0.05) is 5.16 Å². The highest BCUT2D eigenvalue weighted by Gasteiger charge is 2.30. The number of rotatable bonds is 3. The van der Waals surface area contributed by atoms with Crippen molar-refractivity contribution in [1.29, 1.82) is 0 Å². The summed E-state index contributed by atoms with van der Waals surface area (Å²) in [5.74, 6) is 1.16. The molecule has 2 aromatic heterocycles. The van der Waals surface area contributed by atoms with Crippen molar-refractivity contribution in [2.24, 2.45) is 5.92 Å². The molecule has 0 unspecified atom stereocenters. The lowest BCUT2D eigenvalue weighted by atomic mass is 10.1. The molecule has 3 rings (SSSR count). The van der Waals surface area contributed by atoms with E-state index in [1.165, 1.54) is 0 Å². The fourth-order valence-corrected chi connectivity index (χ4v) is 3.46. The quantitative estimate of drug-likeness (QED) is 0.871. The summed E-state index contributed by atoms with van der Waals surface area (Å²) in [5.41, 5.74) is 1.30. The molecule has 1 amide bonds. The molecule has 0 bridgehead atoms. The fraction of sp³-hybridized carbons (Fsp3) is 0.500. The Morgan fingerprint density at radius 3 is 3.05 bits per heavy atom. The van der Waals surface area contributed by atoms with Gasteiger partial charge < -0.3 is 9.42 Å². The molecule has 20 heavy (non-hydrogen) atoms. The third-order valence-electron chi connectivity index (χ3n) is 3.77. The van der Waals surface area contributed by atoms with E-state index in [4.69, 9.17) is 4.52 Å². The number of thiazole rings is 1. The molecule has 0 N–H and O–H groups in total. The van der Waals surface area contributed by atoms with Crippen molar-refractivity contribution in [2.45, 2.75) is 26.7 Å². The third-order valence-corrected chi connectivity index (χ3v) is 4.57. The van der Waals surface area contributed by atoms with Gasteiger partial charge in [-0.25, -0.2) is 4.98 Å². The molecule has 3 heterocycles. The summed E-state index contributed by atoms with van der Waals surface area (Å²) < 4.78 is 5.08. The molecule has 1 atom stereocenters. The van der Waals surface area contributed by atoms with Crippen molar-refractivity contribution in [1.82, 2.24) is 15.0 Å². The smallest absolute Gasteiger partial charge is 0.259 e. The van der Waals surface area contributed by atoms with Crippen LogP contribution in [0.4, 0.5) is 0 Å². The zero-order chi connectivity index (χ0) is 14.1. The van der Waals surface area contributed by atoms with Crippen LogP contribution in [0.3, 0.4) is 0 Å². The molecule has 0 saturated carbocycles. The first-order valence-electron chi connectivity index (χ1n) is 6.75. The normalized spacial score (nSPS) is 18.7. The Kier molecular flexibility index (Phi) is 3.56. The Morgan fingerprint density at radius 2 is 2.40 bits per heavy atom. The van der Waals surface area contributed by atoms with E-state index in [1.54, 1.807) is 18.3 Å². The summed E-state index contributed by atoms with van der Waals surface area (Å²) in [6, 6.07) is 0. The van der Waals surface area contributed by atoms with E-state index in [2.05, 4.69) is 10.1 Å². The van der Waals surface area contributed by atoms with Crippen LogP contribution in [0.1, 0.15) is 33.2 Å². The van der Waals surface area contributed by atoms with Gasteiger partial charge in [0.2, 0.25) is 0 Å². The number of aryl methyl sites for hydroxylation is 2. The molecule has 1 aliphatic rings. The van der Waals surface area contributed by atoms with E-state index in [0.29, 0.717) is 22.9 Å². The summed E-state index contributed by atoms with van der Waals surface area (Å²) in [6.07, 6.45) is 3.83. The Labute approximate surface area is 121 Å². The molecule has 1 fully saturated rings. The highest BCUT2D eigenvalue weighted by Crippen LogP contribution is 2.24. The number of likely N-dealkylation sites (tertiary alicyclic amines) is 1. The zero-order valence-electron chi connectivity index (χ0n) is 11.6. The van der Waals surface area contributed by atoms with Gasteiger partial charge >= 0.3 is 0 Å². The molecular weight excluding hydrogens is 274 g/mol. The number of hydrogen-bond donors (Lipinski definition) is 0. The van der Waals surface area contributed by atoms with Crippen molar-refractivity contribution in [2.75, 3.05) is 13.1 Å². The van der Waals surface area contributed by atoms with Gasteiger partial charge in [-0.3, -0.25) is 4.79 Å². The molecule has 0 aliphatic carbocycles. The molecule has 1 saturated heterocycles. The van der Waals surface area contributed by atoms with Gasteiger partial charge in [0, 0.05) is 31.1 Å². The fourth-order valence-electron chi connectivity index (χ4n) is 2.73. The minimum atomic E-state index is 0.0443. The second kappa shape index (κ2) is 5.36. The maximum Gasteiger partial charge on any atom is 0.259 e.